The van der Waals surface area contributed by atoms with Gasteiger partial charge in [-0.05, 0) is 120 Å². The molecule has 0 amide bonds. The summed E-state index contributed by atoms with van der Waals surface area (Å²) in [5, 5.41) is 4.50. The molecule has 0 N–H and O–H groups in total. The van der Waals surface area contributed by atoms with Crippen molar-refractivity contribution in [3.05, 3.63) is 218 Å². The molecule has 1 heterocycles. The minimum atomic E-state index is 0.879. The van der Waals surface area contributed by atoms with Gasteiger partial charge in [-0.25, -0.2) is 9.97 Å². The van der Waals surface area contributed by atoms with Gasteiger partial charge in [-0.3, -0.25) is 0 Å². The number of hydrogen-bond donors (Lipinski definition) is 0. The van der Waals surface area contributed by atoms with Crippen LogP contribution in [0.3, 0.4) is 0 Å². The summed E-state index contributed by atoms with van der Waals surface area (Å²) in [5.74, 6) is 0. The van der Waals surface area contributed by atoms with E-state index in [-0.39, 0.29) is 0 Å². The van der Waals surface area contributed by atoms with Crippen molar-refractivity contribution in [2.45, 2.75) is 0 Å². The molecule has 0 saturated carbocycles. The summed E-state index contributed by atoms with van der Waals surface area (Å²) in [6.07, 6.45) is 0. The molecule has 0 bridgehead atoms. The van der Waals surface area contributed by atoms with E-state index in [1.165, 1.54) is 50.1 Å². The Morgan fingerprint density at radius 3 is 0.914 bits per heavy atom. The molecule has 270 valence electrons. The molecule has 0 fully saturated rings. The zero-order valence-corrected chi connectivity index (χ0v) is 31.7. The molecule has 0 spiro atoms. The highest BCUT2D eigenvalue weighted by molar-refractivity contribution is 6.25. The fraction of sp³-hybridized carbons (Fsp3) is 0. The Morgan fingerprint density at radius 2 is 0.500 bits per heavy atom. The van der Waals surface area contributed by atoms with Crippen molar-refractivity contribution in [2.24, 2.45) is 0 Å². The van der Waals surface area contributed by atoms with Crippen molar-refractivity contribution < 1.29 is 0 Å². The molecule has 0 aliphatic carbocycles. The third-order valence-corrected chi connectivity index (χ3v) is 11.4. The first-order chi connectivity index (χ1) is 28.7. The van der Waals surface area contributed by atoms with Crippen molar-refractivity contribution >= 4 is 43.6 Å². The van der Waals surface area contributed by atoms with Crippen LogP contribution in [0.5, 0.6) is 0 Å². The number of fused-ring (bicyclic) bond motifs is 7. The van der Waals surface area contributed by atoms with Crippen LogP contribution in [-0.4, -0.2) is 9.97 Å². The Labute approximate surface area is 337 Å². The van der Waals surface area contributed by atoms with Gasteiger partial charge in [0.25, 0.3) is 0 Å². The summed E-state index contributed by atoms with van der Waals surface area (Å²) < 4.78 is 0. The highest BCUT2D eigenvalue weighted by Gasteiger charge is 2.16. The second kappa shape index (κ2) is 14.1. The van der Waals surface area contributed by atoms with Gasteiger partial charge < -0.3 is 0 Å². The maximum atomic E-state index is 5.44. The number of aromatic nitrogens is 2. The maximum Gasteiger partial charge on any atom is 0.0979 e. The molecule has 0 aliphatic heterocycles. The van der Waals surface area contributed by atoms with E-state index in [2.05, 4.69) is 218 Å². The summed E-state index contributed by atoms with van der Waals surface area (Å²) in [7, 11) is 0. The van der Waals surface area contributed by atoms with Crippen LogP contribution >= 0.6 is 0 Å². The van der Waals surface area contributed by atoms with E-state index in [1.54, 1.807) is 0 Å². The Morgan fingerprint density at radius 1 is 0.190 bits per heavy atom. The van der Waals surface area contributed by atoms with Crippen LogP contribution in [0, 0.1) is 0 Å². The van der Waals surface area contributed by atoms with E-state index >= 15 is 0 Å². The fourth-order valence-corrected chi connectivity index (χ4v) is 8.44. The van der Waals surface area contributed by atoms with Crippen LogP contribution in [-0.2, 0) is 0 Å². The van der Waals surface area contributed by atoms with Crippen LogP contribution in [0.15, 0.2) is 218 Å². The zero-order chi connectivity index (χ0) is 38.4. The summed E-state index contributed by atoms with van der Waals surface area (Å²) >= 11 is 0. The quantitative estimate of drug-likeness (QED) is 0.125. The van der Waals surface area contributed by atoms with E-state index in [0.717, 1.165) is 60.3 Å². The van der Waals surface area contributed by atoms with Gasteiger partial charge in [0.1, 0.15) is 0 Å². The van der Waals surface area contributed by atoms with Gasteiger partial charge in [-0.15, -0.1) is 0 Å². The van der Waals surface area contributed by atoms with Crippen molar-refractivity contribution in [3.8, 4) is 66.8 Å². The lowest BCUT2D eigenvalue weighted by Gasteiger charge is -2.14. The summed E-state index contributed by atoms with van der Waals surface area (Å²) in [4.78, 5) is 10.8. The second-order valence-corrected chi connectivity index (χ2v) is 15.0. The standard InChI is InChI=1S/C56H36N2/c1-4-13-37(14-5-1)40-19-10-22-43(31-40)46-25-28-49-51(34-46)52-35-47(44-23-11-20-41(32-44)38-15-6-2-7-16-38)26-29-50(52)56-55(49)57-53-30-27-48(36-54(53)58-56)45-24-12-21-42(33-45)39-17-8-3-9-18-39/h1-36H. The fourth-order valence-electron chi connectivity index (χ4n) is 8.44. The molecule has 0 radical (unpaired) electrons. The molecule has 0 atom stereocenters. The average molecular weight is 737 g/mol. The molecule has 2 heteroatoms. The largest absolute Gasteiger partial charge is 0.244 e. The molecule has 0 saturated heterocycles. The molecule has 1 aromatic heterocycles. The predicted molar refractivity (Wildman–Crippen MR) is 245 cm³/mol. The summed E-state index contributed by atoms with van der Waals surface area (Å²) in [5.41, 5.74) is 17.7. The monoisotopic (exact) mass is 736 g/mol. The third-order valence-electron chi connectivity index (χ3n) is 11.4. The highest BCUT2D eigenvalue weighted by Crippen LogP contribution is 2.40. The number of rotatable bonds is 6. The maximum absolute atomic E-state index is 5.44. The minimum absolute atomic E-state index is 0.879. The number of nitrogens with zero attached hydrogens (tertiary/aromatic N) is 2. The van der Waals surface area contributed by atoms with E-state index in [0.29, 0.717) is 0 Å². The summed E-state index contributed by atoms with van der Waals surface area (Å²) in [6.45, 7) is 0. The molecular formula is C56H36N2. The first kappa shape index (κ1) is 33.6. The van der Waals surface area contributed by atoms with Gasteiger partial charge in [0, 0.05) is 10.8 Å². The predicted octanol–water partition coefficient (Wildman–Crippen LogP) is 15.1. The highest BCUT2D eigenvalue weighted by atomic mass is 14.8. The van der Waals surface area contributed by atoms with E-state index in [4.69, 9.17) is 9.97 Å². The molecular weight excluding hydrogens is 701 g/mol. The van der Waals surface area contributed by atoms with Crippen molar-refractivity contribution in [1.29, 1.82) is 0 Å². The van der Waals surface area contributed by atoms with E-state index in [9.17, 15) is 0 Å². The van der Waals surface area contributed by atoms with Crippen molar-refractivity contribution in [2.75, 3.05) is 0 Å². The van der Waals surface area contributed by atoms with Gasteiger partial charge in [0.05, 0.1) is 22.1 Å². The summed E-state index contributed by atoms with van der Waals surface area (Å²) in [6, 6.07) is 78.3. The Balaban J connectivity index is 1.11. The molecule has 0 unspecified atom stereocenters. The Bertz CT molecular complexity index is 3320. The zero-order valence-electron chi connectivity index (χ0n) is 31.7. The molecule has 2 nitrogen and oxygen atoms in total. The van der Waals surface area contributed by atoms with Gasteiger partial charge in [0.15, 0.2) is 0 Å². The lowest BCUT2D eigenvalue weighted by Crippen LogP contribution is -1.93. The molecule has 11 rings (SSSR count). The van der Waals surface area contributed by atoms with Gasteiger partial charge in [-0.2, -0.15) is 0 Å². The van der Waals surface area contributed by atoms with E-state index in [1.807, 2.05) is 0 Å². The van der Waals surface area contributed by atoms with Crippen LogP contribution < -0.4 is 0 Å². The van der Waals surface area contributed by atoms with Crippen LogP contribution in [0.4, 0.5) is 0 Å². The molecule has 11 aromatic rings. The van der Waals surface area contributed by atoms with Crippen molar-refractivity contribution in [3.63, 3.8) is 0 Å². The van der Waals surface area contributed by atoms with E-state index < -0.39 is 0 Å². The van der Waals surface area contributed by atoms with Crippen molar-refractivity contribution in [1.82, 2.24) is 9.97 Å². The smallest absolute Gasteiger partial charge is 0.0979 e. The van der Waals surface area contributed by atoms with Crippen LogP contribution in [0.2, 0.25) is 0 Å². The van der Waals surface area contributed by atoms with Gasteiger partial charge in [0.2, 0.25) is 0 Å². The van der Waals surface area contributed by atoms with Crippen LogP contribution in [0.25, 0.3) is 110 Å². The molecule has 10 aromatic carbocycles. The normalized spacial score (nSPS) is 11.4. The lowest BCUT2D eigenvalue weighted by atomic mass is 9.92. The average Bonchev–Trinajstić information content (AvgIpc) is 3.31. The first-order valence-corrected chi connectivity index (χ1v) is 19.8. The van der Waals surface area contributed by atoms with Crippen LogP contribution in [0.1, 0.15) is 0 Å². The Kier molecular flexibility index (Phi) is 8.19. The lowest BCUT2D eigenvalue weighted by molar-refractivity contribution is 1.41. The van der Waals surface area contributed by atoms with Gasteiger partial charge >= 0.3 is 0 Å². The second-order valence-electron chi connectivity index (χ2n) is 15.0. The molecule has 0 aliphatic rings. The molecule has 58 heavy (non-hydrogen) atoms. The number of hydrogen-bond acceptors (Lipinski definition) is 2. The SMILES string of the molecule is c1ccc(-c2cccc(-c3ccc4nc5c6ccc(-c7cccc(-c8ccccc8)c7)cc6c6cc(-c7cccc(-c8ccccc8)c7)ccc6c5nc4c3)c2)cc1. The topological polar surface area (TPSA) is 25.8 Å². The Hall–Kier alpha value is -7.68. The van der Waals surface area contributed by atoms with Gasteiger partial charge in [-0.1, -0.05) is 176 Å². The minimum Gasteiger partial charge on any atom is -0.244 e. The number of benzene rings is 10. The third kappa shape index (κ3) is 6.09. The first-order valence-electron chi connectivity index (χ1n) is 19.8.